The number of nitrogens with one attached hydrogen (secondary N) is 1. The molecule has 0 spiro atoms. The van der Waals surface area contributed by atoms with Crippen molar-refractivity contribution in [3.8, 4) is 0 Å². The molecule has 0 bridgehead atoms. The summed E-state index contributed by atoms with van der Waals surface area (Å²) in [6, 6.07) is 0.427. The van der Waals surface area contributed by atoms with Gasteiger partial charge >= 0.3 is 0 Å². The first kappa shape index (κ1) is 14.0. The van der Waals surface area contributed by atoms with Gasteiger partial charge in [-0.05, 0) is 39.7 Å². The van der Waals surface area contributed by atoms with E-state index in [2.05, 4.69) is 31.1 Å². The standard InChI is InChI=1S/C14H24N2OS/c1-4-7-15-13(12-6-5-8-17-9-12)14-10(2)16-11(3)18-14/h12-13,15H,4-9H2,1-3H3. The van der Waals surface area contributed by atoms with Crippen LogP contribution in [0.15, 0.2) is 0 Å². The van der Waals surface area contributed by atoms with Crippen LogP contribution in [0.3, 0.4) is 0 Å². The minimum absolute atomic E-state index is 0.427. The third kappa shape index (κ3) is 3.31. The van der Waals surface area contributed by atoms with Gasteiger partial charge in [-0.3, -0.25) is 0 Å². The van der Waals surface area contributed by atoms with Crippen molar-refractivity contribution in [1.29, 1.82) is 0 Å². The fourth-order valence-corrected chi connectivity index (χ4v) is 3.73. The number of ether oxygens (including phenoxy) is 1. The Hall–Kier alpha value is -0.450. The predicted octanol–water partition coefficient (Wildman–Crippen LogP) is 3.23. The highest BCUT2D eigenvalue weighted by molar-refractivity contribution is 7.11. The summed E-state index contributed by atoms with van der Waals surface area (Å²) in [5, 5.41) is 4.87. The van der Waals surface area contributed by atoms with Gasteiger partial charge in [-0.15, -0.1) is 11.3 Å². The van der Waals surface area contributed by atoms with Gasteiger partial charge in [0.2, 0.25) is 0 Å². The van der Waals surface area contributed by atoms with Gasteiger partial charge in [-0.25, -0.2) is 4.98 Å². The maximum atomic E-state index is 5.66. The van der Waals surface area contributed by atoms with Crippen LogP contribution in [0.4, 0.5) is 0 Å². The molecular formula is C14H24N2OS. The van der Waals surface area contributed by atoms with Crippen LogP contribution in [-0.4, -0.2) is 24.7 Å². The second-order valence-corrected chi connectivity index (χ2v) is 6.33. The molecule has 1 fully saturated rings. The number of nitrogens with zero attached hydrogens (tertiary/aromatic N) is 1. The quantitative estimate of drug-likeness (QED) is 0.890. The first-order valence-corrected chi connectivity index (χ1v) is 7.79. The van der Waals surface area contributed by atoms with Gasteiger partial charge in [-0.2, -0.15) is 0 Å². The highest BCUT2D eigenvalue weighted by Gasteiger charge is 2.28. The van der Waals surface area contributed by atoms with E-state index in [1.54, 1.807) is 0 Å². The van der Waals surface area contributed by atoms with Gasteiger partial charge in [0.1, 0.15) is 0 Å². The monoisotopic (exact) mass is 268 g/mol. The Bertz CT molecular complexity index is 372. The lowest BCUT2D eigenvalue weighted by Gasteiger charge is -2.30. The Kier molecular flexibility index (Phi) is 5.15. The third-order valence-electron chi connectivity index (χ3n) is 3.50. The zero-order valence-electron chi connectivity index (χ0n) is 11.7. The first-order valence-electron chi connectivity index (χ1n) is 6.97. The topological polar surface area (TPSA) is 34.2 Å². The summed E-state index contributed by atoms with van der Waals surface area (Å²) in [5.74, 6) is 0.601. The maximum Gasteiger partial charge on any atom is 0.0900 e. The number of hydrogen-bond donors (Lipinski definition) is 1. The maximum absolute atomic E-state index is 5.66. The van der Waals surface area contributed by atoms with E-state index in [9.17, 15) is 0 Å². The number of rotatable bonds is 5. The van der Waals surface area contributed by atoms with Crippen molar-refractivity contribution < 1.29 is 4.74 Å². The van der Waals surface area contributed by atoms with E-state index in [1.165, 1.54) is 34.8 Å². The minimum Gasteiger partial charge on any atom is -0.381 e. The molecule has 4 heteroatoms. The summed E-state index contributed by atoms with van der Waals surface area (Å²) in [6.45, 7) is 9.32. The van der Waals surface area contributed by atoms with Gasteiger partial charge in [0, 0.05) is 23.4 Å². The molecule has 0 radical (unpaired) electrons. The summed E-state index contributed by atoms with van der Waals surface area (Å²) in [7, 11) is 0. The normalized spacial score (nSPS) is 22.1. The van der Waals surface area contributed by atoms with Gasteiger partial charge in [0.05, 0.1) is 17.3 Å². The van der Waals surface area contributed by atoms with E-state index in [0.29, 0.717) is 12.0 Å². The molecule has 1 aromatic rings. The molecule has 0 aromatic carbocycles. The Morgan fingerprint density at radius 3 is 2.89 bits per heavy atom. The summed E-state index contributed by atoms with van der Waals surface area (Å²) in [4.78, 5) is 5.99. The van der Waals surface area contributed by atoms with Crippen LogP contribution < -0.4 is 5.32 Å². The van der Waals surface area contributed by atoms with Crippen molar-refractivity contribution in [2.24, 2.45) is 5.92 Å². The molecule has 18 heavy (non-hydrogen) atoms. The Morgan fingerprint density at radius 1 is 1.50 bits per heavy atom. The summed E-state index contributed by atoms with van der Waals surface area (Å²) >= 11 is 1.84. The summed E-state index contributed by atoms with van der Waals surface area (Å²) in [5.41, 5.74) is 1.19. The van der Waals surface area contributed by atoms with E-state index < -0.39 is 0 Å². The van der Waals surface area contributed by atoms with Gasteiger partial charge < -0.3 is 10.1 Å². The number of aromatic nitrogens is 1. The summed E-state index contributed by atoms with van der Waals surface area (Å²) < 4.78 is 5.66. The molecule has 102 valence electrons. The average Bonchev–Trinajstić information content (AvgIpc) is 2.70. The van der Waals surface area contributed by atoms with Gasteiger partial charge in [0.15, 0.2) is 0 Å². The van der Waals surface area contributed by atoms with E-state index in [-0.39, 0.29) is 0 Å². The lowest BCUT2D eigenvalue weighted by Crippen LogP contribution is -2.33. The molecular weight excluding hydrogens is 244 g/mol. The highest BCUT2D eigenvalue weighted by atomic mass is 32.1. The Labute approximate surface area is 114 Å². The average molecular weight is 268 g/mol. The minimum atomic E-state index is 0.427. The van der Waals surface area contributed by atoms with E-state index in [1.807, 2.05) is 11.3 Å². The lowest BCUT2D eigenvalue weighted by molar-refractivity contribution is 0.0394. The van der Waals surface area contributed by atoms with Crippen molar-refractivity contribution >= 4 is 11.3 Å². The number of aryl methyl sites for hydroxylation is 2. The predicted molar refractivity (Wildman–Crippen MR) is 76.2 cm³/mol. The van der Waals surface area contributed by atoms with Gasteiger partial charge in [-0.1, -0.05) is 6.92 Å². The van der Waals surface area contributed by atoms with Crippen LogP contribution in [0.25, 0.3) is 0 Å². The smallest absolute Gasteiger partial charge is 0.0900 e. The Balaban J connectivity index is 2.15. The molecule has 1 aromatic heterocycles. The van der Waals surface area contributed by atoms with Crippen LogP contribution in [0, 0.1) is 19.8 Å². The molecule has 0 amide bonds. The van der Waals surface area contributed by atoms with Crippen molar-refractivity contribution in [1.82, 2.24) is 10.3 Å². The molecule has 0 aliphatic carbocycles. The van der Waals surface area contributed by atoms with Crippen LogP contribution in [-0.2, 0) is 4.74 Å². The summed E-state index contributed by atoms with van der Waals surface area (Å²) in [6.07, 6.45) is 3.62. The molecule has 3 nitrogen and oxygen atoms in total. The van der Waals surface area contributed by atoms with Crippen LogP contribution in [0.5, 0.6) is 0 Å². The fraction of sp³-hybridized carbons (Fsp3) is 0.786. The molecule has 2 rings (SSSR count). The van der Waals surface area contributed by atoms with Crippen molar-refractivity contribution in [2.45, 2.75) is 46.1 Å². The zero-order valence-corrected chi connectivity index (χ0v) is 12.5. The molecule has 2 atom stereocenters. The van der Waals surface area contributed by atoms with E-state index >= 15 is 0 Å². The molecule has 2 heterocycles. The van der Waals surface area contributed by atoms with E-state index in [0.717, 1.165) is 19.8 Å². The zero-order chi connectivity index (χ0) is 13.0. The molecule has 1 N–H and O–H groups in total. The highest BCUT2D eigenvalue weighted by Crippen LogP contribution is 2.34. The van der Waals surface area contributed by atoms with Crippen LogP contribution >= 0.6 is 11.3 Å². The van der Waals surface area contributed by atoms with Crippen molar-refractivity contribution in [3.63, 3.8) is 0 Å². The molecule has 1 saturated heterocycles. The second-order valence-electron chi connectivity index (χ2n) is 5.09. The number of hydrogen-bond acceptors (Lipinski definition) is 4. The van der Waals surface area contributed by atoms with Crippen LogP contribution in [0.1, 0.15) is 47.8 Å². The fourth-order valence-electron chi connectivity index (χ4n) is 2.64. The third-order valence-corrected chi connectivity index (χ3v) is 4.66. The number of thiazole rings is 1. The van der Waals surface area contributed by atoms with Gasteiger partial charge in [0.25, 0.3) is 0 Å². The molecule has 1 aliphatic heterocycles. The van der Waals surface area contributed by atoms with Crippen molar-refractivity contribution in [2.75, 3.05) is 19.8 Å². The molecule has 0 saturated carbocycles. The Morgan fingerprint density at radius 2 is 2.33 bits per heavy atom. The van der Waals surface area contributed by atoms with Crippen LogP contribution in [0.2, 0.25) is 0 Å². The van der Waals surface area contributed by atoms with E-state index in [4.69, 9.17) is 4.74 Å². The lowest BCUT2D eigenvalue weighted by atomic mass is 9.92. The van der Waals surface area contributed by atoms with Crippen molar-refractivity contribution in [3.05, 3.63) is 15.6 Å². The molecule has 2 unspecified atom stereocenters. The second kappa shape index (κ2) is 6.64. The molecule has 1 aliphatic rings. The largest absolute Gasteiger partial charge is 0.381 e. The SMILES string of the molecule is CCCNC(c1sc(C)nc1C)C1CCCOC1. The first-order chi connectivity index (χ1) is 8.72.